The molecule has 92 valence electrons. The van der Waals surface area contributed by atoms with Gasteiger partial charge in [0.15, 0.2) is 0 Å². The maximum absolute atomic E-state index is 12.2. The van der Waals surface area contributed by atoms with Crippen LogP contribution < -0.4 is 11.3 Å². The largest absolute Gasteiger partial charge is 0.326 e. The molecule has 0 saturated carbocycles. The number of nitrogens with zero attached hydrogens (tertiary/aromatic N) is 2. The molecule has 0 saturated heterocycles. The third-order valence-corrected chi connectivity index (χ3v) is 3.01. The molecular formula is C13H19N3O. The second-order valence-electron chi connectivity index (χ2n) is 4.86. The van der Waals surface area contributed by atoms with E-state index in [9.17, 15) is 4.79 Å². The zero-order valence-electron chi connectivity index (χ0n) is 10.6. The number of aryl methyl sites for hydroxylation is 1. The summed E-state index contributed by atoms with van der Waals surface area (Å²) in [4.78, 5) is 12.2. The number of fused-ring (bicyclic) bond motifs is 1. The molecule has 0 aliphatic rings. The lowest BCUT2D eigenvalue weighted by atomic mass is 10.1. The van der Waals surface area contributed by atoms with Gasteiger partial charge in [-0.1, -0.05) is 19.9 Å². The van der Waals surface area contributed by atoms with Gasteiger partial charge < -0.3 is 5.73 Å². The Kier molecular flexibility index (Phi) is 3.07. The van der Waals surface area contributed by atoms with Crippen molar-refractivity contribution < 1.29 is 0 Å². The van der Waals surface area contributed by atoms with E-state index in [0.29, 0.717) is 12.5 Å². The van der Waals surface area contributed by atoms with E-state index in [4.69, 9.17) is 5.73 Å². The lowest BCUT2D eigenvalue weighted by Gasteiger charge is -2.09. The Labute approximate surface area is 101 Å². The first-order valence-electron chi connectivity index (χ1n) is 5.93. The lowest BCUT2D eigenvalue weighted by Crippen LogP contribution is -2.23. The summed E-state index contributed by atoms with van der Waals surface area (Å²) in [6, 6.07) is 5.79. The van der Waals surface area contributed by atoms with Crippen molar-refractivity contribution in [3.8, 4) is 0 Å². The zero-order valence-corrected chi connectivity index (χ0v) is 10.6. The smallest absolute Gasteiger partial charge is 0.274 e. The molecule has 2 N–H and O–H groups in total. The molecule has 1 heterocycles. The standard InChI is InChI=1S/C13H19N3O/c1-9(2)8-16-13(17)11-5-4-10(7-14)6-12(11)15(16)3/h4-6,9H,7-8,14H2,1-3H3. The van der Waals surface area contributed by atoms with Crippen molar-refractivity contribution in [3.63, 3.8) is 0 Å². The Hall–Kier alpha value is -1.55. The molecule has 0 radical (unpaired) electrons. The van der Waals surface area contributed by atoms with Crippen LogP contribution in [0.3, 0.4) is 0 Å². The van der Waals surface area contributed by atoms with Crippen LogP contribution in [0.1, 0.15) is 19.4 Å². The molecule has 0 unspecified atom stereocenters. The summed E-state index contributed by atoms with van der Waals surface area (Å²) in [5.41, 5.74) is 7.71. The average Bonchev–Trinajstić information content (AvgIpc) is 2.53. The van der Waals surface area contributed by atoms with E-state index in [1.54, 1.807) is 4.68 Å². The van der Waals surface area contributed by atoms with Gasteiger partial charge >= 0.3 is 0 Å². The second kappa shape index (κ2) is 4.37. The monoisotopic (exact) mass is 233 g/mol. The minimum Gasteiger partial charge on any atom is -0.326 e. The fourth-order valence-electron chi connectivity index (χ4n) is 2.11. The van der Waals surface area contributed by atoms with Crippen molar-refractivity contribution >= 4 is 10.9 Å². The summed E-state index contributed by atoms with van der Waals surface area (Å²) in [5.74, 6) is 0.449. The van der Waals surface area contributed by atoms with Gasteiger partial charge in [-0.3, -0.25) is 9.48 Å². The zero-order chi connectivity index (χ0) is 12.6. The molecule has 0 aliphatic heterocycles. The number of hydrogen-bond donors (Lipinski definition) is 1. The summed E-state index contributed by atoms with van der Waals surface area (Å²) >= 11 is 0. The third-order valence-electron chi connectivity index (χ3n) is 3.01. The van der Waals surface area contributed by atoms with E-state index in [1.165, 1.54) is 0 Å². The van der Waals surface area contributed by atoms with Crippen molar-refractivity contribution in [2.75, 3.05) is 0 Å². The quantitative estimate of drug-likeness (QED) is 0.872. The number of aromatic nitrogens is 2. The van der Waals surface area contributed by atoms with Crippen molar-refractivity contribution in [2.45, 2.75) is 26.9 Å². The highest BCUT2D eigenvalue weighted by molar-refractivity contribution is 5.79. The molecule has 17 heavy (non-hydrogen) atoms. The first kappa shape index (κ1) is 11.9. The molecule has 0 atom stereocenters. The van der Waals surface area contributed by atoms with Crippen molar-refractivity contribution in [1.82, 2.24) is 9.36 Å². The highest BCUT2D eigenvalue weighted by Gasteiger charge is 2.11. The molecule has 0 aliphatic carbocycles. The fourth-order valence-corrected chi connectivity index (χ4v) is 2.11. The van der Waals surface area contributed by atoms with E-state index in [0.717, 1.165) is 23.0 Å². The van der Waals surface area contributed by atoms with Crippen molar-refractivity contribution in [1.29, 1.82) is 0 Å². The maximum Gasteiger partial charge on any atom is 0.274 e. The van der Waals surface area contributed by atoms with E-state index in [2.05, 4.69) is 13.8 Å². The third kappa shape index (κ3) is 2.00. The van der Waals surface area contributed by atoms with E-state index in [1.807, 2.05) is 29.9 Å². The van der Waals surface area contributed by atoms with E-state index >= 15 is 0 Å². The number of benzene rings is 1. The van der Waals surface area contributed by atoms with Gasteiger partial charge in [0.2, 0.25) is 0 Å². The van der Waals surface area contributed by atoms with Crippen LogP contribution in [-0.2, 0) is 20.1 Å². The Bertz CT molecular complexity index is 592. The summed E-state index contributed by atoms with van der Waals surface area (Å²) in [6.45, 7) is 5.45. The first-order chi connectivity index (χ1) is 8.04. The van der Waals surface area contributed by atoms with Crippen molar-refractivity contribution in [2.24, 2.45) is 18.7 Å². The van der Waals surface area contributed by atoms with Crippen LogP contribution >= 0.6 is 0 Å². The van der Waals surface area contributed by atoms with Crippen molar-refractivity contribution in [3.05, 3.63) is 34.1 Å². The lowest BCUT2D eigenvalue weighted by molar-refractivity contribution is 0.424. The van der Waals surface area contributed by atoms with Gasteiger partial charge in [-0.15, -0.1) is 0 Å². The first-order valence-corrected chi connectivity index (χ1v) is 5.93. The minimum atomic E-state index is 0.0831. The molecule has 2 rings (SSSR count). The molecule has 0 bridgehead atoms. The molecule has 4 nitrogen and oxygen atoms in total. The topological polar surface area (TPSA) is 52.9 Å². The highest BCUT2D eigenvalue weighted by Crippen LogP contribution is 2.13. The van der Waals surface area contributed by atoms with Gasteiger partial charge in [0.25, 0.3) is 5.56 Å². The van der Waals surface area contributed by atoms with Gasteiger partial charge in [-0.25, -0.2) is 4.68 Å². The van der Waals surface area contributed by atoms with Crippen LogP contribution in [0.25, 0.3) is 10.9 Å². The minimum absolute atomic E-state index is 0.0831. The predicted octanol–water partition coefficient (Wildman–Crippen LogP) is 1.45. The average molecular weight is 233 g/mol. The van der Waals surface area contributed by atoms with Crippen LogP contribution in [0.15, 0.2) is 23.0 Å². The van der Waals surface area contributed by atoms with E-state index < -0.39 is 0 Å². The second-order valence-corrected chi connectivity index (χ2v) is 4.86. The van der Waals surface area contributed by atoms with Gasteiger partial charge in [-0.05, 0) is 23.6 Å². The molecular weight excluding hydrogens is 214 g/mol. The van der Waals surface area contributed by atoms with Gasteiger partial charge in [0, 0.05) is 20.1 Å². The van der Waals surface area contributed by atoms with Crippen LogP contribution in [0, 0.1) is 5.92 Å². The highest BCUT2D eigenvalue weighted by atomic mass is 16.1. The number of nitrogens with two attached hydrogens (primary N) is 1. The molecule has 0 amide bonds. The van der Waals surface area contributed by atoms with E-state index in [-0.39, 0.29) is 5.56 Å². The molecule has 1 aromatic carbocycles. The Morgan fingerprint density at radius 3 is 2.65 bits per heavy atom. The predicted molar refractivity (Wildman–Crippen MR) is 69.9 cm³/mol. The van der Waals surface area contributed by atoms with Crippen LogP contribution in [-0.4, -0.2) is 9.36 Å². The normalized spacial score (nSPS) is 11.6. The molecule has 0 spiro atoms. The fraction of sp³-hybridized carbons (Fsp3) is 0.462. The summed E-state index contributed by atoms with van der Waals surface area (Å²) in [5, 5.41) is 0.769. The Balaban J connectivity index is 2.67. The SMILES string of the molecule is CC(C)Cn1c(=O)c2ccc(CN)cc2n1C. The summed E-state index contributed by atoms with van der Waals surface area (Å²) in [6.07, 6.45) is 0. The maximum atomic E-state index is 12.2. The van der Waals surface area contributed by atoms with Gasteiger partial charge in [-0.2, -0.15) is 0 Å². The Morgan fingerprint density at radius 2 is 2.06 bits per heavy atom. The number of rotatable bonds is 3. The summed E-state index contributed by atoms with van der Waals surface area (Å²) < 4.78 is 3.71. The molecule has 4 heteroatoms. The molecule has 0 fully saturated rings. The number of hydrogen-bond acceptors (Lipinski definition) is 2. The Morgan fingerprint density at radius 1 is 1.35 bits per heavy atom. The van der Waals surface area contributed by atoms with Crippen LogP contribution in [0.2, 0.25) is 0 Å². The van der Waals surface area contributed by atoms with Crippen LogP contribution in [0.4, 0.5) is 0 Å². The molecule has 1 aromatic heterocycles. The summed E-state index contributed by atoms with van der Waals surface area (Å²) in [7, 11) is 1.92. The molecule has 2 aromatic rings. The van der Waals surface area contributed by atoms with Gasteiger partial charge in [0.1, 0.15) is 0 Å². The van der Waals surface area contributed by atoms with Crippen LogP contribution in [0.5, 0.6) is 0 Å². The van der Waals surface area contributed by atoms with Gasteiger partial charge in [0.05, 0.1) is 10.9 Å².